The second-order valence-electron chi connectivity index (χ2n) is 3.21. The Kier molecular flexibility index (Phi) is 3.79. The van der Waals surface area contributed by atoms with Crippen molar-refractivity contribution in [2.45, 2.75) is 18.5 Å². The molecule has 1 aliphatic rings. The van der Waals surface area contributed by atoms with Crippen molar-refractivity contribution < 1.29 is 4.79 Å². The number of hydrogen-bond acceptors (Lipinski definition) is 2. The van der Waals surface area contributed by atoms with Gasteiger partial charge in [0.05, 0.1) is 0 Å². The van der Waals surface area contributed by atoms with E-state index in [1.165, 1.54) is 0 Å². The Hall–Kier alpha value is -0.270. The van der Waals surface area contributed by atoms with E-state index in [9.17, 15) is 4.79 Å². The molecule has 0 bridgehead atoms. The van der Waals surface area contributed by atoms with Gasteiger partial charge in [0.15, 0.2) is 0 Å². The van der Waals surface area contributed by atoms with E-state index in [-0.39, 0.29) is 30.4 Å². The highest BCUT2D eigenvalue weighted by Crippen LogP contribution is 2.18. The minimum Gasteiger partial charge on any atom is -0.356 e. The number of aromatic nitrogens is 1. The molecule has 1 aliphatic carbocycles. The van der Waals surface area contributed by atoms with Crippen molar-refractivity contribution in [2.75, 3.05) is 0 Å². The van der Waals surface area contributed by atoms with Gasteiger partial charge >= 0.3 is 0 Å². The van der Waals surface area contributed by atoms with Gasteiger partial charge in [-0.05, 0) is 35.1 Å². The number of halogens is 2. The van der Waals surface area contributed by atoms with Crippen molar-refractivity contribution in [3.63, 3.8) is 0 Å². The van der Waals surface area contributed by atoms with Crippen LogP contribution in [0.4, 0.5) is 0 Å². The minimum absolute atomic E-state index is 0. The van der Waals surface area contributed by atoms with Crippen LogP contribution in [0.25, 0.3) is 0 Å². The smallest absolute Gasteiger partial charge is 0.268 e. The third-order valence-electron chi connectivity index (χ3n) is 2.05. The number of hydrogen-bond donors (Lipinski definition) is 3. The summed E-state index contributed by atoms with van der Waals surface area (Å²) in [5.74, 6) is -0.0686. The molecule has 0 saturated heterocycles. The molecule has 1 aromatic heterocycles. The van der Waals surface area contributed by atoms with E-state index in [0.29, 0.717) is 5.69 Å². The summed E-state index contributed by atoms with van der Waals surface area (Å²) < 4.78 is 1.03. The Bertz CT molecular complexity index is 341. The Morgan fingerprint density at radius 2 is 2.36 bits per heavy atom. The number of nitrogens with one attached hydrogen (secondary N) is 2. The third kappa shape index (κ3) is 2.61. The molecule has 6 heteroatoms. The van der Waals surface area contributed by atoms with Gasteiger partial charge < -0.3 is 16.0 Å². The van der Waals surface area contributed by atoms with Gasteiger partial charge in [0, 0.05) is 21.9 Å². The number of carbonyl (C=O) groups is 1. The normalized spacial score (nSPS) is 23.9. The lowest BCUT2D eigenvalue weighted by molar-refractivity contribution is 0.0946. The average Bonchev–Trinajstić information content (AvgIpc) is 2.62. The summed E-state index contributed by atoms with van der Waals surface area (Å²) in [4.78, 5) is 14.3. The lowest BCUT2D eigenvalue weighted by atomic mass is 10.4. The second-order valence-corrected chi connectivity index (χ2v) is 4.46. The standard InChI is InChI=1S/C8H10IN3O.ClH/c9-4-1-7(11-3-4)8(13)12-6-2-5(6)10;/h1,3,5-6,11H,2,10H2,(H,12,13);1H. The first-order valence-electron chi connectivity index (χ1n) is 4.07. The van der Waals surface area contributed by atoms with E-state index in [1.54, 1.807) is 6.20 Å². The van der Waals surface area contributed by atoms with Crippen LogP contribution in [0.3, 0.4) is 0 Å². The molecule has 2 unspecified atom stereocenters. The zero-order valence-electron chi connectivity index (χ0n) is 7.29. The van der Waals surface area contributed by atoms with Crippen molar-refractivity contribution in [3.8, 4) is 0 Å². The quantitative estimate of drug-likeness (QED) is 0.706. The first-order valence-corrected chi connectivity index (χ1v) is 5.15. The summed E-state index contributed by atoms with van der Waals surface area (Å²) in [5, 5.41) is 2.83. The van der Waals surface area contributed by atoms with Gasteiger partial charge in [-0.15, -0.1) is 12.4 Å². The summed E-state index contributed by atoms with van der Waals surface area (Å²) in [7, 11) is 0. The van der Waals surface area contributed by atoms with E-state index in [2.05, 4.69) is 32.9 Å². The monoisotopic (exact) mass is 327 g/mol. The van der Waals surface area contributed by atoms with Gasteiger partial charge in [0.25, 0.3) is 5.91 Å². The van der Waals surface area contributed by atoms with Crippen LogP contribution < -0.4 is 11.1 Å². The van der Waals surface area contributed by atoms with Gasteiger partial charge in [-0.1, -0.05) is 0 Å². The Morgan fingerprint density at radius 3 is 2.79 bits per heavy atom. The number of rotatable bonds is 2. The molecule has 2 rings (SSSR count). The lowest BCUT2D eigenvalue weighted by Gasteiger charge is -1.99. The maximum absolute atomic E-state index is 11.5. The van der Waals surface area contributed by atoms with Crippen LogP contribution in [0.2, 0.25) is 0 Å². The Morgan fingerprint density at radius 1 is 1.71 bits per heavy atom. The van der Waals surface area contributed by atoms with Crippen molar-refractivity contribution >= 4 is 40.9 Å². The maximum Gasteiger partial charge on any atom is 0.268 e. The molecule has 1 saturated carbocycles. The zero-order chi connectivity index (χ0) is 9.42. The molecule has 0 radical (unpaired) electrons. The summed E-state index contributed by atoms with van der Waals surface area (Å²) in [6.45, 7) is 0. The molecule has 1 amide bonds. The van der Waals surface area contributed by atoms with Gasteiger partial charge in [-0.2, -0.15) is 0 Å². The predicted octanol–water partition coefficient (Wildman–Crippen LogP) is 0.870. The number of nitrogens with two attached hydrogens (primary N) is 1. The average molecular weight is 328 g/mol. The highest BCUT2D eigenvalue weighted by Gasteiger charge is 2.35. The largest absolute Gasteiger partial charge is 0.356 e. The van der Waals surface area contributed by atoms with Crippen LogP contribution in [0, 0.1) is 3.57 Å². The number of amides is 1. The molecule has 14 heavy (non-hydrogen) atoms. The van der Waals surface area contributed by atoms with Gasteiger partial charge in [0.2, 0.25) is 0 Å². The van der Waals surface area contributed by atoms with Crippen LogP contribution in [-0.4, -0.2) is 23.0 Å². The first-order chi connectivity index (χ1) is 6.16. The SMILES string of the molecule is Cl.NC1CC1NC(=O)c1cc(I)c[nH]1. The fourth-order valence-corrected chi connectivity index (χ4v) is 1.59. The van der Waals surface area contributed by atoms with Crippen LogP contribution in [-0.2, 0) is 0 Å². The molecule has 1 fully saturated rings. The molecule has 78 valence electrons. The van der Waals surface area contributed by atoms with E-state index in [0.717, 1.165) is 9.99 Å². The summed E-state index contributed by atoms with van der Waals surface area (Å²) >= 11 is 2.15. The van der Waals surface area contributed by atoms with E-state index >= 15 is 0 Å². The highest BCUT2D eigenvalue weighted by molar-refractivity contribution is 14.1. The molecule has 1 aromatic rings. The summed E-state index contributed by atoms with van der Waals surface area (Å²) in [6.07, 6.45) is 2.69. The predicted molar refractivity (Wildman–Crippen MR) is 64.6 cm³/mol. The van der Waals surface area contributed by atoms with Crippen LogP contribution in [0.5, 0.6) is 0 Å². The molecule has 4 nitrogen and oxygen atoms in total. The first kappa shape index (κ1) is 11.8. The van der Waals surface area contributed by atoms with Crippen molar-refractivity contribution in [1.29, 1.82) is 0 Å². The Balaban J connectivity index is 0.000000980. The van der Waals surface area contributed by atoms with E-state index in [4.69, 9.17) is 5.73 Å². The molecule has 0 aliphatic heterocycles. The minimum atomic E-state index is -0.0686. The van der Waals surface area contributed by atoms with Crippen LogP contribution in [0.15, 0.2) is 12.3 Å². The van der Waals surface area contributed by atoms with Crippen LogP contribution >= 0.6 is 35.0 Å². The van der Waals surface area contributed by atoms with Gasteiger partial charge in [0.1, 0.15) is 5.69 Å². The second kappa shape index (κ2) is 4.50. The third-order valence-corrected chi connectivity index (χ3v) is 2.67. The Labute approximate surface area is 102 Å². The van der Waals surface area contributed by atoms with Crippen molar-refractivity contribution in [2.24, 2.45) is 5.73 Å². The number of carbonyl (C=O) groups excluding carboxylic acids is 1. The fraction of sp³-hybridized carbons (Fsp3) is 0.375. The van der Waals surface area contributed by atoms with Gasteiger partial charge in [-0.25, -0.2) is 0 Å². The number of aromatic amines is 1. The van der Waals surface area contributed by atoms with Crippen LogP contribution in [0.1, 0.15) is 16.9 Å². The topological polar surface area (TPSA) is 70.9 Å². The van der Waals surface area contributed by atoms with Crippen molar-refractivity contribution in [1.82, 2.24) is 10.3 Å². The van der Waals surface area contributed by atoms with Gasteiger partial charge in [-0.3, -0.25) is 4.79 Å². The highest BCUT2D eigenvalue weighted by atomic mass is 127. The lowest BCUT2D eigenvalue weighted by Crippen LogP contribution is -2.29. The molecule has 4 N–H and O–H groups in total. The van der Waals surface area contributed by atoms with E-state index < -0.39 is 0 Å². The number of H-pyrrole nitrogens is 1. The molecule has 1 heterocycles. The summed E-state index contributed by atoms with van der Waals surface area (Å²) in [5.41, 5.74) is 6.17. The molecular formula is C8H11ClIN3O. The molecular weight excluding hydrogens is 316 g/mol. The van der Waals surface area contributed by atoms with Crippen molar-refractivity contribution in [3.05, 3.63) is 21.5 Å². The molecule has 0 aromatic carbocycles. The zero-order valence-corrected chi connectivity index (χ0v) is 10.3. The van der Waals surface area contributed by atoms with E-state index in [1.807, 2.05) is 6.07 Å². The molecule has 0 spiro atoms. The summed E-state index contributed by atoms with van der Waals surface area (Å²) in [6, 6.07) is 2.13. The molecule has 2 atom stereocenters. The maximum atomic E-state index is 11.5. The fourth-order valence-electron chi connectivity index (χ4n) is 1.13.